The second kappa shape index (κ2) is 5.19. The van der Waals surface area contributed by atoms with E-state index in [-0.39, 0.29) is 11.3 Å². The molecule has 0 aliphatic heterocycles. The Morgan fingerprint density at radius 1 is 0.944 bits per heavy atom. The van der Waals surface area contributed by atoms with Gasteiger partial charge in [-0.1, -0.05) is 48.6 Å². The van der Waals surface area contributed by atoms with Gasteiger partial charge in [0.2, 0.25) is 0 Å². The normalized spacial score (nSPS) is 10.7. The van der Waals surface area contributed by atoms with Gasteiger partial charge < -0.3 is 10.2 Å². The quantitative estimate of drug-likeness (QED) is 0.809. The molecule has 3 heteroatoms. The van der Waals surface area contributed by atoms with Gasteiger partial charge >= 0.3 is 5.97 Å². The summed E-state index contributed by atoms with van der Waals surface area (Å²) in [5.74, 6) is -1.36. The molecule has 0 aliphatic carbocycles. The summed E-state index contributed by atoms with van der Waals surface area (Å²) in [6.45, 7) is 0. The molecule has 0 atom stereocenters. The lowest BCUT2D eigenvalue weighted by Gasteiger charge is -2.00. The first kappa shape index (κ1) is 11.9. The topological polar surface area (TPSA) is 57.5 Å². The van der Waals surface area contributed by atoms with Gasteiger partial charge in [0.05, 0.1) is 0 Å². The Hall–Kier alpha value is -2.55. The molecule has 0 fully saturated rings. The molecule has 0 saturated heterocycles. The fourth-order valence-corrected chi connectivity index (χ4v) is 1.59. The molecule has 90 valence electrons. The van der Waals surface area contributed by atoms with E-state index >= 15 is 0 Å². The maximum Gasteiger partial charge on any atom is 0.339 e. The van der Waals surface area contributed by atoms with E-state index in [4.69, 9.17) is 5.11 Å². The largest absolute Gasteiger partial charge is 0.507 e. The third-order valence-corrected chi connectivity index (χ3v) is 2.52. The predicted octanol–water partition coefficient (Wildman–Crippen LogP) is 3.26. The lowest BCUT2D eigenvalue weighted by Crippen LogP contribution is -1.96. The molecule has 0 aliphatic rings. The molecule has 0 amide bonds. The maximum absolute atomic E-state index is 10.9. The highest BCUT2D eigenvalue weighted by Crippen LogP contribution is 2.19. The molecule has 0 spiro atoms. The van der Waals surface area contributed by atoms with Crippen molar-refractivity contribution >= 4 is 18.1 Å². The van der Waals surface area contributed by atoms with Crippen molar-refractivity contribution in [2.75, 3.05) is 0 Å². The number of hydrogen-bond donors (Lipinski definition) is 2. The minimum atomic E-state index is -1.14. The number of rotatable bonds is 3. The van der Waals surface area contributed by atoms with Gasteiger partial charge in [-0.2, -0.15) is 0 Å². The van der Waals surface area contributed by atoms with Crippen LogP contribution < -0.4 is 0 Å². The fraction of sp³-hybridized carbons (Fsp3) is 0. The van der Waals surface area contributed by atoms with E-state index < -0.39 is 5.97 Å². The highest BCUT2D eigenvalue weighted by atomic mass is 16.4. The van der Waals surface area contributed by atoms with E-state index in [1.165, 1.54) is 12.1 Å². The smallest absolute Gasteiger partial charge is 0.339 e. The molecule has 18 heavy (non-hydrogen) atoms. The number of benzene rings is 2. The molecule has 0 unspecified atom stereocenters. The van der Waals surface area contributed by atoms with Crippen LogP contribution in [0.4, 0.5) is 0 Å². The minimum Gasteiger partial charge on any atom is -0.507 e. The van der Waals surface area contributed by atoms with Crippen LogP contribution in [-0.4, -0.2) is 16.2 Å². The van der Waals surface area contributed by atoms with Crippen LogP contribution in [0.25, 0.3) is 12.2 Å². The third kappa shape index (κ3) is 2.77. The van der Waals surface area contributed by atoms with Crippen molar-refractivity contribution in [3.05, 3.63) is 65.2 Å². The van der Waals surface area contributed by atoms with Gasteiger partial charge in [0.15, 0.2) is 0 Å². The zero-order valence-corrected chi connectivity index (χ0v) is 9.58. The zero-order valence-electron chi connectivity index (χ0n) is 9.58. The van der Waals surface area contributed by atoms with Crippen LogP contribution in [-0.2, 0) is 0 Å². The van der Waals surface area contributed by atoms with Crippen LogP contribution in [0.1, 0.15) is 21.5 Å². The summed E-state index contributed by atoms with van der Waals surface area (Å²) in [5, 5.41) is 18.3. The Morgan fingerprint density at radius 2 is 1.61 bits per heavy atom. The molecule has 0 saturated carbocycles. The third-order valence-electron chi connectivity index (χ3n) is 2.52. The Labute approximate surface area is 105 Å². The molecule has 0 radical (unpaired) electrons. The van der Waals surface area contributed by atoms with Crippen molar-refractivity contribution < 1.29 is 15.0 Å². The van der Waals surface area contributed by atoms with Crippen molar-refractivity contribution in [1.29, 1.82) is 0 Å². The second-order valence-electron chi connectivity index (χ2n) is 3.83. The highest BCUT2D eigenvalue weighted by Gasteiger charge is 2.08. The second-order valence-corrected chi connectivity index (χ2v) is 3.83. The standard InChI is InChI=1S/C15H12O3/c16-14-9-8-12(10-13(14)15(17)18)7-6-11-4-2-1-3-5-11/h1-10,16H,(H,17,18). The molecule has 2 rings (SSSR count). The van der Waals surface area contributed by atoms with Crippen LogP contribution in [0.5, 0.6) is 5.75 Å². The summed E-state index contributed by atoms with van der Waals surface area (Å²) in [7, 11) is 0. The first-order chi connectivity index (χ1) is 8.66. The van der Waals surface area contributed by atoms with E-state index in [0.29, 0.717) is 0 Å². The molecule has 2 aromatic carbocycles. The minimum absolute atomic E-state index is 0.0924. The van der Waals surface area contributed by atoms with Gasteiger partial charge in [0.25, 0.3) is 0 Å². The molecule has 3 nitrogen and oxygen atoms in total. The van der Waals surface area contributed by atoms with Crippen LogP contribution in [0.2, 0.25) is 0 Å². The summed E-state index contributed by atoms with van der Waals surface area (Å²) in [6.07, 6.45) is 3.69. The zero-order chi connectivity index (χ0) is 13.0. The number of hydrogen-bond acceptors (Lipinski definition) is 2. The van der Waals surface area contributed by atoms with Gasteiger partial charge in [-0.3, -0.25) is 0 Å². The molecule has 0 heterocycles. The number of aromatic carboxylic acids is 1. The average molecular weight is 240 g/mol. The predicted molar refractivity (Wildman–Crippen MR) is 70.4 cm³/mol. The summed E-state index contributed by atoms with van der Waals surface area (Å²) in [4.78, 5) is 10.9. The number of carboxylic acids is 1. The van der Waals surface area contributed by atoms with Crippen molar-refractivity contribution in [3.63, 3.8) is 0 Å². The van der Waals surface area contributed by atoms with Crippen molar-refractivity contribution in [3.8, 4) is 5.75 Å². The van der Waals surface area contributed by atoms with E-state index in [0.717, 1.165) is 11.1 Å². The lowest BCUT2D eigenvalue weighted by atomic mass is 10.1. The Bertz CT molecular complexity index is 586. The number of carboxylic acid groups (broad SMARTS) is 1. The van der Waals surface area contributed by atoms with E-state index in [2.05, 4.69) is 0 Å². The van der Waals surface area contributed by atoms with Gasteiger partial charge in [0, 0.05) is 0 Å². The summed E-state index contributed by atoms with van der Waals surface area (Å²) in [5.41, 5.74) is 1.67. The lowest BCUT2D eigenvalue weighted by molar-refractivity contribution is 0.0693. The first-order valence-electron chi connectivity index (χ1n) is 5.46. The van der Waals surface area contributed by atoms with Gasteiger partial charge in [-0.15, -0.1) is 0 Å². The van der Waals surface area contributed by atoms with E-state index in [9.17, 15) is 9.90 Å². The van der Waals surface area contributed by atoms with Crippen LogP contribution in [0.3, 0.4) is 0 Å². The Balaban J connectivity index is 2.28. The SMILES string of the molecule is O=C(O)c1cc(C=Cc2ccccc2)ccc1O. The molecular formula is C15H12O3. The summed E-state index contributed by atoms with van der Waals surface area (Å²) >= 11 is 0. The molecule has 2 N–H and O–H groups in total. The number of carbonyl (C=O) groups is 1. The molecule has 2 aromatic rings. The van der Waals surface area contributed by atoms with Gasteiger partial charge in [-0.05, 0) is 23.3 Å². The Kier molecular flexibility index (Phi) is 3.44. The summed E-state index contributed by atoms with van der Waals surface area (Å²) < 4.78 is 0. The van der Waals surface area contributed by atoms with Gasteiger partial charge in [0.1, 0.15) is 11.3 Å². The maximum atomic E-state index is 10.9. The average Bonchev–Trinajstić information content (AvgIpc) is 2.38. The molecular weight excluding hydrogens is 228 g/mol. The van der Waals surface area contributed by atoms with Crippen LogP contribution in [0, 0.1) is 0 Å². The van der Waals surface area contributed by atoms with Crippen LogP contribution >= 0.6 is 0 Å². The fourth-order valence-electron chi connectivity index (χ4n) is 1.59. The van der Waals surface area contributed by atoms with Gasteiger partial charge in [-0.25, -0.2) is 4.79 Å². The van der Waals surface area contributed by atoms with Crippen molar-refractivity contribution in [2.45, 2.75) is 0 Å². The highest BCUT2D eigenvalue weighted by molar-refractivity contribution is 5.91. The van der Waals surface area contributed by atoms with Crippen molar-refractivity contribution in [1.82, 2.24) is 0 Å². The van der Waals surface area contributed by atoms with Crippen LogP contribution in [0.15, 0.2) is 48.5 Å². The van der Waals surface area contributed by atoms with Crippen molar-refractivity contribution in [2.24, 2.45) is 0 Å². The monoisotopic (exact) mass is 240 g/mol. The van der Waals surface area contributed by atoms with E-state index in [1.54, 1.807) is 12.1 Å². The first-order valence-corrected chi connectivity index (χ1v) is 5.46. The van der Waals surface area contributed by atoms with E-state index in [1.807, 2.05) is 36.4 Å². The molecule has 0 aromatic heterocycles. The summed E-state index contributed by atoms with van der Waals surface area (Å²) in [6, 6.07) is 14.2. The molecule has 0 bridgehead atoms. The number of phenols is 1. The number of aromatic hydroxyl groups is 1. The Morgan fingerprint density at radius 3 is 2.28 bits per heavy atom.